The molecule has 8 heteroatoms. The van der Waals surface area contributed by atoms with E-state index >= 15 is 0 Å². The van der Waals surface area contributed by atoms with Crippen molar-refractivity contribution in [1.82, 2.24) is 19.2 Å². The molecule has 0 aliphatic heterocycles. The molecule has 168 valence electrons. The van der Waals surface area contributed by atoms with Crippen molar-refractivity contribution in [3.05, 3.63) is 75.7 Å². The number of aliphatic hydroxyl groups excluding tert-OH is 1. The van der Waals surface area contributed by atoms with Gasteiger partial charge < -0.3 is 14.9 Å². The zero-order valence-electron chi connectivity index (χ0n) is 18.3. The van der Waals surface area contributed by atoms with Gasteiger partial charge in [0.25, 0.3) is 0 Å². The van der Waals surface area contributed by atoms with Crippen molar-refractivity contribution in [3.63, 3.8) is 0 Å². The van der Waals surface area contributed by atoms with E-state index in [1.807, 2.05) is 10.8 Å². The minimum atomic E-state index is -0.556. The summed E-state index contributed by atoms with van der Waals surface area (Å²) in [7, 11) is 0. The second kappa shape index (κ2) is 9.10. The lowest BCUT2D eigenvalue weighted by molar-refractivity contribution is 0.170. The highest BCUT2D eigenvalue weighted by molar-refractivity contribution is 6.06. The van der Waals surface area contributed by atoms with Gasteiger partial charge in [-0.1, -0.05) is 19.1 Å². The SMILES string of the molecule is CCCN(CCO)Cc1cn(Cc2ccc(F)cc2)c2cnc3c(=O)n(O)c(C)cc3c12. The highest BCUT2D eigenvalue weighted by Crippen LogP contribution is 2.29. The van der Waals surface area contributed by atoms with Crippen molar-refractivity contribution in [2.45, 2.75) is 33.4 Å². The Hall–Kier alpha value is -3.23. The van der Waals surface area contributed by atoms with E-state index < -0.39 is 5.56 Å². The average Bonchev–Trinajstić information content (AvgIpc) is 3.11. The molecule has 0 aliphatic carbocycles. The van der Waals surface area contributed by atoms with E-state index in [-0.39, 0.29) is 17.9 Å². The Balaban J connectivity index is 1.92. The van der Waals surface area contributed by atoms with E-state index in [2.05, 4.69) is 16.8 Å². The number of halogens is 1. The monoisotopic (exact) mass is 438 g/mol. The molecule has 0 saturated heterocycles. The van der Waals surface area contributed by atoms with E-state index in [0.717, 1.165) is 35.0 Å². The number of pyridine rings is 2. The van der Waals surface area contributed by atoms with Crippen LogP contribution in [0.2, 0.25) is 0 Å². The second-order valence-electron chi connectivity index (χ2n) is 8.09. The Morgan fingerprint density at radius 3 is 2.62 bits per heavy atom. The van der Waals surface area contributed by atoms with Gasteiger partial charge in [-0.05, 0) is 49.2 Å². The minimum Gasteiger partial charge on any atom is -0.425 e. The predicted molar refractivity (Wildman–Crippen MR) is 122 cm³/mol. The first kappa shape index (κ1) is 22.0. The van der Waals surface area contributed by atoms with Crippen LogP contribution in [0.1, 0.15) is 30.2 Å². The molecule has 0 spiro atoms. The fourth-order valence-corrected chi connectivity index (χ4v) is 4.24. The van der Waals surface area contributed by atoms with Crippen LogP contribution < -0.4 is 5.56 Å². The molecule has 3 aromatic heterocycles. The van der Waals surface area contributed by atoms with Crippen LogP contribution >= 0.6 is 0 Å². The first-order valence-corrected chi connectivity index (χ1v) is 10.7. The molecular weight excluding hydrogens is 411 g/mol. The van der Waals surface area contributed by atoms with E-state index in [1.54, 1.807) is 31.3 Å². The van der Waals surface area contributed by atoms with Crippen molar-refractivity contribution in [3.8, 4) is 0 Å². The fourth-order valence-electron chi connectivity index (χ4n) is 4.24. The van der Waals surface area contributed by atoms with E-state index in [0.29, 0.717) is 35.4 Å². The predicted octanol–water partition coefficient (Wildman–Crippen LogP) is 3.29. The maximum atomic E-state index is 13.4. The van der Waals surface area contributed by atoms with Crippen LogP contribution in [-0.4, -0.2) is 49.2 Å². The number of hydrogen-bond acceptors (Lipinski definition) is 5. The maximum absolute atomic E-state index is 13.4. The molecule has 2 N–H and O–H groups in total. The van der Waals surface area contributed by atoms with Gasteiger partial charge in [0.05, 0.1) is 24.0 Å². The van der Waals surface area contributed by atoms with Gasteiger partial charge in [0.15, 0.2) is 0 Å². The third kappa shape index (κ3) is 4.11. The van der Waals surface area contributed by atoms with Crippen molar-refractivity contribution < 1.29 is 14.7 Å². The lowest BCUT2D eigenvalue weighted by atomic mass is 10.1. The van der Waals surface area contributed by atoms with E-state index in [4.69, 9.17) is 0 Å². The van der Waals surface area contributed by atoms with Crippen molar-refractivity contribution in [1.29, 1.82) is 0 Å². The molecule has 0 saturated carbocycles. The third-order valence-electron chi connectivity index (χ3n) is 5.74. The van der Waals surface area contributed by atoms with Gasteiger partial charge in [-0.25, -0.2) is 9.37 Å². The number of fused-ring (bicyclic) bond motifs is 3. The first-order valence-electron chi connectivity index (χ1n) is 10.7. The normalized spacial score (nSPS) is 11.8. The summed E-state index contributed by atoms with van der Waals surface area (Å²) in [5, 5.41) is 21.1. The molecule has 0 fully saturated rings. The summed E-state index contributed by atoms with van der Waals surface area (Å²) < 4.78 is 16.0. The molecule has 0 unspecified atom stereocenters. The Kier molecular flexibility index (Phi) is 6.25. The van der Waals surface area contributed by atoms with Crippen LogP contribution in [0.25, 0.3) is 21.8 Å². The molecule has 1 aromatic carbocycles. The Labute approximate surface area is 184 Å². The molecule has 4 aromatic rings. The van der Waals surface area contributed by atoms with Crippen LogP contribution in [-0.2, 0) is 13.1 Å². The summed E-state index contributed by atoms with van der Waals surface area (Å²) in [6.07, 6.45) is 4.64. The van der Waals surface area contributed by atoms with Crippen molar-refractivity contribution >= 4 is 21.8 Å². The minimum absolute atomic E-state index is 0.0604. The van der Waals surface area contributed by atoms with Crippen LogP contribution in [0.15, 0.2) is 47.5 Å². The van der Waals surface area contributed by atoms with Gasteiger partial charge in [0.1, 0.15) is 11.3 Å². The molecule has 3 heterocycles. The number of hydrogen-bond donors (Lipinski definition) is 2. The van der Waals surface area contributed by atoms with Crippen LogP contribution in [0.5, 0.6) is 0 Å². The Morgan fingerprint density at radius 2 is 1.94 bits per heavy atom. The molecular formula is C24H27FN4O3. The first-order chi connectivity index (χ1) is 15.4. The summed E-state index contributed by atoms with van der Waals surface area (Å²) in [5.74, 6) is -0.283. The molecule has 7 nitrogen and oxygen atoms in total. The largest absolute Gasteiger partial charge is 0.425 e. The average molecular weight is 439 g/mol. The highest BCUT2D eigenvalue weighted by atomic mass is 19.1. The molecule has 4 rings (SSSR count). The zero-order chi connectivity index (χ0) is 22.8. The van der Waals surface area contributed by atoms with Gasteiger partial charge in [-0.2, -0.15) is 4.73 Å². The number of aromatic nitrogens is 3. The zero-order valence-corrected chi connectivity index (χ0v) is 18.3. The number of benzene rings is 1. The summed E-state index contributed by atoms with van der Waals surface area (Å²) in [4.78, 5) is 19.2. The molecule has 32 heavy (non-hydrogen) atoms. The van der Waals surface area contributed by atoms with Crippen LogP contribution in [0.4, 0.5) is 4.39 Å². The molecule has 0 atom stereocenters. The van der Waals surface area contributed by atoms with Gasteiger partial charge in [-0.3, -0.25) is 9.69 Å². The van der Waals surface area contributed by atoms with E-state index in [1.165, 1.54) is 12.1 Å². The molecule has 0 amide bonds. The lowest BCUT2D eigenvalue weighted by Crippen LogP contribution is -2.27. The Morgan fingerprint density at radius 1 is 1.19 bits per heavy atom. The van der Waals surface area contributed by atoms with Crippen molar-refractivity contribution in [2.75, 3.05) is 19.7 Å². The van der Waals surface area contributed by atoms with Gasteiger partial charge in [0, 0.05) is 36.6 Å². The lowest BCUT2D eigenvalue weighted by Gasteiger charge is -2.20. The van der Waals surface area contributed by atoms with E-state index in [9.17, 15) is 19.5 Å². The summed E-state index contributed by atoms with van der Waals surface area (Å²) in [6, 6.07) is 8.14. The molecule has 0 aliphatic rings. The maximum Gasteiger partial charge on any atom is 0.309 e. The smallest absolute Gasteiger partial charge is 0.309 e. The summed E-state index contributed by atoms with van der Waals surface area (Å²) in [5.41, 5.74) is 2.88. The molecule has 0 radical (unpaired) electrons. The number of nitrogens with zero attached hydrogens (tertiary/aromatic N) is 4. The highest BCUT2D eigenvalue weighted by Gasteiger charge is 2.18. The number of rotatable bonds is 8. The van der Waals surface area contributed by atoms with Gasteiger partial charge >= 0.3 is 5.56 Å². The van der Waals surface area contributed by atoms with Crippen LogP contribution in [0, 0.1) is 12.7 Å². The van der Waals surface area contributed by atoms with Gasteiger partial charge in [-0.15, -0.1) is 0 Å². The quantitative estimate of drug-likeness (QED) is 0.413. The second-order valence-corrected chi connectivity index (χ2v) is 8.09. The summed E-state index contributed by atoms with van der Waals surface area (Å²) in [6.45, 7) is 6.32. The molecule has 0 bridgehead atoms. The Bertz CT molecular complexity index is 1310. The standard InChI is InChI=1S/C24H27FN4O3/c1-3-8-27(9-10-30)14-18-15-28(13-17-4-6-19(25)7-5-17)21-12-26-23-20(22(18)21)11-16(2)29(32)24(23)31/h4-7,11-12,15,30,32H,3,8-10,13-14H2,1-2H3. The van der Waals surface area contributed by atoms with Gasteiger partial charge in [0.2, 0.25) is 0 Å². The fraction of sp³-hybridized carbons (Fsp3) is 0.333. The van der Waals surface area contributed by atoms with Crippen LogP contribution in [0.3, 0.4) is 0 Å². The third-order valence-corrected chi connectivity index (χ3v) is 5.74. The number of aliphatic hydroxyl groups is 1. The number of aryl methyl sites for hydroxylation is 1. The van der Waals surface area contributed by atoms with Crippen molar-refractivity contribution in [2.24, 2.45) is 0 Å². The summed E-state index contributed by atoms with van der Waals surface area (Å²) >= 11 is 0. The topological polar surface area (TPSA) is 83.5 Å².